The van der Waals surface area contributed by atoms with E-state index in [1.807, 2.05) is 6.92 Å². The lowest BCUT2D eigenvalue weighted by molar-refractivity contribution is -0.190. The summed E-state index contributed by atoms with van der Waals surface area (Å²) in [5, 5.41) is 0. The molecule has 0 aromatic heterocycles. The van der Waals surface area contributed by atoms with Crippen molar-refractivity contribution in [2.24, 2.45) is 0 Å². The summed E-state index contributed by atoms with van der Waals surface area (Å²) in [5.74, 6) is -2.05. The van der Waals surface area contributed by atoms with Crippen LogP contribution in [0.4, 0.5) is 13.2 Å². The third-order valence-electron chi connectivity index (χ3n) is 2.56. The van der Waals surface area contributed by atoms with Crippen molar-refractivity contribution in [1.29, 1.82) is 0 Å². The highest BCUT2D eigenvalue weighted by Crippen LogP contribution is 2.22. The smallest absolute Gasteiger partial charge is 0.489 e. The molecule has 1 aliphatic heterocycles. The van der Waals surface area contributed by atoms with E-state index in [4.69, 9.17) is 4.74 Å². The van der Waals surface area contributed by atoms with E-state index in [9.17, 15) is 18.0 Å². The molecule has 0 radical (unpaired) electrons. The topological polar surface area (TPSA) is 35.5 Å². The number of ether oxygens (including phenoxy) is 1. The Kier molecular flexibility index (Phi) is 8.32. The molecule has 1 heterocycles. The van der Waals surface area contributed by atoms with Gasteiger partial charge in [-0.1, -0.05) is 19.8 Å². The maximum atomic E-state index is 11.8. The Balaban J connectivity index is 0.000000532. The second-order valence-corrected chi connectivity index (χ2v) is 9.29. The predicted molar refractivity (Wildman–Crippen MR) is 69.4 cm³/mol. The van der Waals surface area contributed by atoms with Crippen molar-refractivity contribution in [3.63, 3.8) is 0 Å². The molecule has 0 aromatic carbocycles. The van der Waals surface area contributed by atoms with Crippen molar-refractivity contribution in [1.82, 2.24) is 0 Å². The number of carbonyl (C=O) groups is 1. The molecule has 1 aliphatic rings. The van der Waals surface area contributed by atoms with Crippen LogP contribution < -0.4 is 0 Å². The van der Waals surface area contributed by atoms with Gasteiger partial charge in [0, 0.05) is 13.2 Å². The number of halogens is 3. The Morgan fingerprint density at radius 1 is 1.26 bits per heavy atom. The highest BCUT2D eigenvalue weighted by Gasteiger charge is 2.44. The van der Waals surface area contributed by atoms with Crippen LogP contribution >= 0.6 is 0 Å². The molecule has 0 bridgehead atoms. The van der Waals surface area contributed by atoms with E-state index in [2.05, 4.69) is 4.43 Å². The highest BCUT2D eigenvalue weighted by atomic mass is 28.4. The largest absolute Gasteiger partial charge is 0.513 e. The summed E-state index contributed by atoms with van der Waals surface area (Å²) in [6.07, 6.45) is -0.624. The zero-order chi connectivity index (χ0) is 14.9. The van der Waals surface area contributed by atoms with E-state index >= 15 is 0 Å². The first-order valence-corrected chi connectivity index (χ1v) is 9.68. The molecule has 1 rings (SSSR count). The van der Waals surface area contributed by atoms with Crippen molar-refractivity contribution in [3.05, 3.63) is 0 Å². The van der Waals surface area contributed by atoms with Crippen LogP contribution in [-0.4, -0.2) is 33.7 Å². The average Bonchev–Trinajstić information content (AvgIpc) is 2.83. The van der Waals surface area contributed by atoms with Crippen molar-refractivity contribution in [2.75, 3.05) is 13.2 Å². The molecule has 0 saturated carbocycles. The highest BCUT2D eigenvalue weighted by molar-refractivity contribution is 6.72. The van der Waals surface area contributed by atoms with E-state index in [-0.39, 0.29) is 0 Å². The number of rotatable bonds is 4. The van der Waals surface area contributed by atoms with Crippen LogP contribution in [-0.2, 0) is 14.0 Å². The number of unbranched alkanes of at least 4 members (excludes halogenated alkanes) is 1. The van der Waals surface area contributed by atoms with E-state index in [1.165, 1.54) is 12.8 Å². The fourth-order valence-electron chi connectivity index (χ4n) is 1.47. The Morgan fingerprint density at radius 3 is 2.11 bits per heavy atom. The van der Waals surface area contributed by atoms with Gasteiger partial charge in [0.05, 0.1) is 0 Å². The quantitative estimate of drug-likeness (QED) is 0.739. The summed E-state index contributed by atoms with van der Waals surface area (Å²) in [7, 11) is -2.47. The fraction of sp³-hybridized carbons (Fsp3) is 0.917. The lowest BCUT2D eigenvalue weighted by Gasteiger charge is -2.22. The number of carbonyl (C=O) groups excluding carboxylic acids is 1. The van der Waals surface area contributed by atoms with Gasteiger partial charge in [0.2, 0.25) is 8.32 Å². The van der Waals surface area contributed by atoms with Gasteiger partial charge in [-0.25, -0.2) is 4.79 Å². The van der Waals surface area contributed by atoms with Crippen LogP contribution in [0.15, 0.2) is 0 Å². The van der Waals surface area contributed by atoms with Crippen molar-refractivity contribution in [2.45, 2.75) is 57.9 Å². The summed E-state index contributed by atoms with van der Waals surface area (Å²) in [6, 6.07) is 0.575. The van der Waals surface area contributed by atoms with Crippen molar-refractivity contribution < 1.29 is 27.1 Å². The summed E-state index contributed by atoms with van der Waals surface area (Å²) < 4.78 is 45.0. The normalized spacial score (nSPS) is 15.7. The zero-order valence-electron chi connectivity index (χ0n) is 11.8. The second kappa shape index (κ2) is 8.58. The van der Waals surface area contributed by atoms with Crippen LogP contribution in [0.2, 0.25) is 19.1 Å². The molecule has 0 atom stereocenters. The van der Waals surface area contributed by atoms with Gasteiger partial charge < -0.3 is 9.16 Å². The zero-order valence-corrected chi connectivity index (χ0v) is 12.8. The predicted octanol–water partition coefficient (Wildman–Crippen LogP) is 3.89. The van der Waals surface area contributed by atoms with E-state index < -0.39 is 20.5 Å². The van der Waals surface area contributed by atoms with Gasteiger partial charge in [-0.2, -0.15) is 13.2 Å². The maximum absolute atomic E-state index is 11.8. The van der Waals surface area contributed by atoms with E-state index in [0.29, 0.717) is 6.04 Å². The van der Waals surface area contributed by atoms with E-state index in [1.54, 1.807) is 13.1 Å². The second-order valence-electron chi connectivity index (χ2n) is 5.07. The Morgan fingerprint density at radius 2 is 1.79 bits per heavy atom. The molecular formula is C12H23F3O3Si. The minimum atomic E-state index is -4.86. The van der Waals surface area contributed by atoms with Gasteiger partial charge >= 0.3 is 12.1 Å². The molecule has 114 valence electrons. The molecular weight excluding hydrogens is 277 g/mol. The van der Waals surface area contributed by atoms with Crippen molar-refractivity contribution >= 4 is 14.3 Å². The number of hydrogen-bond acceptors (Lipinski definition) is 3. The molecule has 0 N–H and O–H groups in total. The monoisotopic (exact) mass is 300 g/mol. The third-order valence-corrected chi connectivity index (χ3v) is 4.86. The third kappa shape index (κ3) is 9.95. The minimum absolute atomic E-state index is 0.575. The lowest BCUT2D eigenvalue weighted by Crippen LogP contribution is -2.39. The molecule has 7 heteroatoms. The Hall–Kier alpha value is -0.563. The first-order valence-electron chi connectivity index (χ1n) is 6.57. The molecule has 1 fully saturated rings. The van der Waals surface area contributed by atoms with Gasteiger partial charge in [0.1, 0.15) is 0 Å². The molecule has 19 heavy (non-hydrogen) atoms. The maximum Gasteiger partial charge on any atom is 0.489 e. The minimum Gasteiger partial charge on any atom is -0.513 e. The SMILES string of the molecule is C1CCOC1.CCCC[Si](C)(C)OC(=O)C(F)(F)F. The summed E-state index contributed by atoms with van der Waals surface area (Å²) >= 11 is 0. The van der Waals surface area contributed by atoms with Crippen LogP contribution in [0.5, 0.6) is 0 Å². The molecule has 1 saturated heterocycles. The molecule has 0 aromatic rings. The summed E-state index contributed by atoms with van der Waals surface area (Å²) in [6.45, 7) is 7.18. The first-order chi connectivity index (χ1) is 8.69. The van der Waals surface area contributed by atoms with Crippen LogP contribution in [0, 0.1) is 0 Å². The van der Waals surface area contributed by atoms with Gasteiger partial charge in [-0.3, -0.25) is 0 Å². The fourth-order valence-corrected chi connectivity index (χ4v) is 3.40. The summed E-state index contributed by atoms with van der Waals surface area (Å²) in [5.41, 5.74) is 0. The molecule has 3 nitrogen and oxygen atoms in total. The van der Waals surface area contributed by atoms with Crippen LogP contribution in [0.25, 0.3) is 0 Å². The number of hydrogen-bond donors (Lipinski definition) is 0. The van der Waals surface area contributed by atoms with Crippen LogP contribution in [0.1, 0.15) is 32.6 Å². The van der Waals surface area contributed by atoms with Gasteiger partial charge in [-0.15, -0.1) is 0 Å². The molecule has 0 aliphatic carbocycles. The number of alkyl halides is 3. The average molecular weight is 300 g/mol. The van der Waals surface area contributed by atoms with E-state index in [0.717, 1.165) is 26.1 Å². The molecule has 0 spiro atoms. The lowest BCUT2D eigenvalue weighted by atomic mass is 10.4. The molecule has 0 unspecified atom stereocenters. The standard InChI is InChI=1S/C8H15F3O2Si.C4H8O/c1-4-5-6-14(2,3)13-7(12)8(9,10)11;1-2-4-5-3-1/h4-6H2,1-3H3;1-4H2. The Bertz CT molecular complexity index is 256. The van der Waals surface area contributed by atoms with Crippen molar-refractivity contribution in [3.8, 4) is 0 Å². The van der Waals surface area contributed by atoms with Gasteiger partial charge in [0.15, 0.2) is 0 Å². The van der Waals surface area contributed by atoms with Crippen LogP contribution in [0.3, 0.4) is 0 Å². The van der Waals surface area contributed by atoms with Gasteiger partial charge in [0.25, 0.3) is 0 Å². The summed E-state index contributed by atoms with van der Waals surface area (Å²) in [4.78, 5) is 10.5. The van der Waals surface area contributed by atoms with Gasteiger partial charge in [-0.05, 0) is 32.0 Å². The first kappa shape index (κ1) is 18.4. The Labute approximate surface area is 113 Å². The molecule has 0 amide bonds.